The van der Waals surface area contributed by atoms with Crippen LogP contribution >= 0.6 is 11.6 Å². The number of halogens is 1. The molecule has 0 aliphatic heterocycles. The maximum absolute atomic E-state index is 5.98. The molecule has 1 N–H and O–H groups in total. The summed E-state index contributed by atoms with van der Waals surface area (Å²) in [5.74, 6) is 0.959. The molecule has 0 saturated carbocycles. The fourth-order valence-electron chi connectivity index (χ4n) is 2.32. The fourth-order valence-corrected chi connectivity index (χ4v) is 2.49. The predicted octanol–water partition coefficient (Wildman–Crippen LogP) is 3.85. The van der Waals surface area contributed by atoms with Crippen molar-refractivity contribution in [1.82, 2.24) is 14.9 Å². The smallest absolute Gasteiger partial charge is 0.121 e. The molecule has 0 radical (unpaired) electrons. The molecule has 0 atom stereocenters. The average molecular weight is 286 g/mol. The van der Waals surface area contributed by atoms with E-state index in [-0.39, 0.29) is 0 Å². The molecule has 1 aromatic heterocycles. The van der Waals surface area contributed by atoms with Crippen molar-refractivity contribution in [2.24, 2.45) is 0 Å². The summed E-state index contributed by atoms with van der Waals surface area (Å²) in [5.41, 5.74) is 3.24. The van der Waals surface area contributed by atoms with Gasteiger partial charge >= 0.3 is 0 Å². The highest BCUT2D eigenvalue weighted by Gasteiger charge is 2.06. The Balaban J connectivity index is 1.72. The molecule has 3 rings (SSSR count). The molecule has 3 nitrogen and oxygen atoms in total. The molecule has 0 aliphatic rings. The van der Waals surface area contributed by atoms with Gasteiger partial charge in [-0.25, -0.2) is 4.98 Å². The Morgan fingerprint density at radius 3 is 2.70 bits per heavy atom. The predicted molar refractivity (Wildman–Crippen MR) is 82.7 cm³/mol. The number of imidazole rings is 1. The van der Waals surface area contributed by atoms with Crippen LogP contribution in [0.2, 0.25) is 5.02 Å². The number of fused-ring (bicyclic) bond motifs is 1. The van der Waals surface area contributed by atoms with E-state index in [4.69, 9.17) is 11.6 Å². The number of aromatic amines is 1. The minimum atomic E-state index is 0.727. The second-order valence-electron chi connectivity index (χ2n) is 5.00. The minimum Gasteiger partial charge on any atom is -0.341 e. The van der Waals surface area contributed by atoms with Crippen LogP contribution in [0.3, 0.4) is 0 Å². The zero-order chi connectivity index (χ0) is 13.9. The van der Waals surface area contributed by atoms with E-state index in [0.29, 0.717) is 0 Å². The van der Waals surface area contributed by atoms with Crippen LogP contribution in [0, 0.1) is 0 Å². The Bertz CT molecular complexity index is 706. The average Bonchev–Trinajstić information content (AvgIpc) is 2.80. The molecule has 20 heavy (non-hydrogen) atoms. The normalized spacial score (nSPS) is 11.3. The Kier molecular flexibility index (Phi) is 3.72. The molecule has 0 amide bonds. The first kappa shape index (κ1) is 13.2. The summed E-state index contributed by atoms with van der Waals surface area (Å²) in [6, 6.07) is 16.1. The third-order valence-corrected chi connectivity index (χ3v) is 3.44. The van der Waals surface area contributed by atoms with E-state index in [0.717, 1.165) is 35.0 Å². The van der Waals surface area contributed by atoms with E-state index in [1.165, 1.54) is 5.56 Å². The molecular weight excluding hydrogens is 270 g/mol. The van der Waals surface area contributed by atoms with Crippen LogP contribution in [0.4, 0.5) is 0 Å². The summed E-state index contributed by atoms with van der Waals surface area (Å²) < 4.78 is 0. The highest BCUT2D eigenvalue weighted by molar-refractivity contribution is 6.31. The van der Waals surface area contributed by atoms with E-state index in [1.807, 2.05) is 24.3 Å². The second kappa shape index (κ2) is 5.65. The van der Waals surface area contributed by atoms with Crippen molar-refractivity contribution < 1.29 is 0 Å². The first-order chi connectivity index (χ1) is 9.70. The zero-order valence-corrected chi connectivity index (χ0v) is 12.1. The van der Waals surface area contributed by atoms with Crippen LogP contribution < -0.4 is 0 Å². The molecule has 4 heteroatoms. The fraction of sp³-hybridized carbons (Fsp3) is 0.188. The van der Waals surface area contributed by atoms with Gasteiger partial charge in [-0.1, -0.05) is 41.9 Å². The number of nitrogens with one attached hydrogen (secondary N) is 1. The Morgan fingerprint density at radius 2 is 1.90 bits per heavy atom. The largest absolute Gasteiger partial charge is 0.341 e. The summed E-state index contributed by atoms with van der Waals surface area (Å²) in [7, 11) is 2.09. The van der Waals surface area contributed by atoms with Crippen LogP contribution in [0.5, 0.6) is 0 Å². The van der Waals surface area contributed by atoms with E-state index in [2.05, 4.69) is 46.2 Å². The van der Waals surface area contributed by atoms with Crippen molar-refractivity contribution in [3.05, 3.63) is 64.9 Å². The third kappa shape index (κ3) is 3.00. The molecule has 0 saturated heterocycles. The molecule has 0 unspecified atom stereocenters. The number of hydrogen-bond donors (Lipinski definition) is 1. The number of nitrogens with zero attached hydrogens (tertiary/aromatic N) is 2. The lowest BCUT2D eigenvalue weighted by Crippen LogP contribution is -2.17. The van der Waals surface area contributed by atoms with Crippen molar-refractivity contribution >= 4 is 22.6 Å². The molecule has 0 fully saturated rings. The maximum atomic E-state index is 5.98. The monoisotopic (exact) mass is 285 g/mol. The van der Waals surface area contributed by atoms with Crippen LogP contribution in [0.1, 0.15) is 11.4 Å². The molecule has 3 aromatic rings. The standard InChI is InChI=1S/C16H16ClN3/c1-20(10-12-5-3-2-4-6-12)11-16-18-14-8-7-13(17)9-15(14)19-16/h2-9H,10-11H2,1H3,(H,18,19). The van der Waals surface area contributed by atoms with Crippen molar-refractivity contribution in [3.63, 3.8) is 0 Å². The van der Waals surface area contributed by atoms with Crippen molar-refractivity contribution in [1.29, 1.82) is 0 Å². The summed E-state index contributed by atoms with van der Waals surface area (Å²) in [4.78, 5) is 10.1. The van der Waals surface area contributed by atoms with Gasteiger partial charge in [-0.15, -0.1) is 0 Å². The Labute approximate surface area is 123 Å². The van der Waals surface area contributed by atoms with Crippen LogP contribution in [0.15, 0.2) is 48.5 Å². The third-order valence-electron chi connectivity index (χ3n) is 3.21. The second-order valence-corrected chi connectivity index (χ2v) is 5.44. The van der Waals surface area contributed by atoms with Gasteiger partial charge in [-0.05, 0) is 30.8 Å². The topological polar surface area (TPSA) is 31.9 Å². The number of hydrogen-bond acceptors (Lipinski definition) is 2. The van der Waals surface area contributed by atoms with Gasteiger partial charge in [0.1, 0.15) is 5.82 Å². The number of H-pyrrole nitrogens is 1. The van der Waals surface area contributed by atoms with Crippen LogP contribution in [-0.4, -0.2) is 21.9 Å². The van der Waals surface area contributed by atoms with Crippen LogP contribution in [0.25, 0.3) is 11.0 Å². The summed E-state index contributed by atoms with van der Waals surface area (Å²) >= 11 is 5.98. The van der Waals surface area contributed by atoms with Gasteiger partial charge in [0.2, 0.25) is 0 Å². The quantitative estimate of drug-likeness (QED) is 0.790. The lowest BCUT2D eigenvalue weighted by atomic mass is 10.2. The zero-order valence-electron chi connectivity index (χ0n) is 11.3. The first-order valence-electron chi connectivity index (χ1n) is 6.57. The lowest BCUT2D eigenvalue weighted by molar-refractivity contribution is 0.312. The van der Waals surface area contributed by atoms with Gasteiger partial charge < -0.3 is 4.98 Å². The maximum Gasteiger partial charge on any atom is 0.121 e. The number of aromatic nitrogens is 2. The van der Waals surface area contributed by atoms with E-state index in [1.54, 1.807) is 0 Å². The van der Waals surface area contributed by atoms with Gasteiger partial charge in [0.15, 0.2) is 0 Å². The summed E-state index contributed by atoms with van der Waals surface area (Å²) in [6.07, 6.45) is 0. The minimum absolute atomic E-state index is 0.727. The molecule has 2 aromatic carbocycles. The summed E-state index contributed by atoms with van der Waals surface area (Å²) in [6.45, 7) is 1.68. The van der Waals surface area contributed by atoms with Crippen molar-refractivity contribution in [2.45, 2.75) is 13.1 Å². The highest BCUT2D eigenvalue weighted by atomic mass is 35.5. The van der Waals surface area contributed by atoms with Crippen molar-refractivity contribution in [3.8, 4) is 0 Å². The van der Waals surface area contributed by atoms with E-state index >= 15 is 0 Å². The Morgan fingerprint density at radius 1 is 1.10 bits per heavy atom. The van der Waals surface area contributed by atoms with Crippen molar-refractivity contribution in [2.75, 3.05) is 7.05 Å². The molecule has 0 spiro atoms. The molecule has 0 bridgehead atoms. The number of benzene rings is 2. The molecule has 1 heterocycles. The molecule has 0 aliphatic carbocycles. The van der Waals surface area contributed by atoms with Gasteiger partial charge in [0.25, 0.3) is 0 Å². The Hall–Kier alpha value is -1.84. The summed E-state index contributed by atoms with van der Waals surface area (Å²) in [5, 5.41) is 0.727. The highest BCUT2D eigenvalue weighted by Crippen LogP contribution is 2.17. The number of rotatable bonds is 4. The van der Waals surface area contributed by atoms with Gasteiger partial charge in [-0.2, -0.15) is 0 Å². The van der Waals surface area contributed by atoms with Gasteiger partial charge in [-0.3, -0.25) is 4.90 Å². The van der Waals surface area contributed by atoms with Crippen LogP contribution in [-0.2, 0) is 13.1 Å². The lowest BCUT2D eigenvalue weighted by Gasteiger charge is -2.14. The van der Waals surface area contributed by atoms with Gasteiger partial charge in [0, 0.05) is 11.6 Å². The molecular formula is C16H16ClN3. The molecule has 102 valence electrons. The van der Waals surface area contributed by atoms with Gasteiger partial charge in [0.05, 0.1) is 17.6 Å². The first-order valence-corrected chi connectivity index (χ1v) is 6.95. The van der Waals surface area contributed by atoms with E-state index in [9.17, 15) is 0 Å². The van der Waals surface area contributed by atoms with E-state index < -0.39 is 0 Å². The SMILES string of the molecule is CN(Cc1ccccc1)Cc1nc2ccc(Cl)cc2[nH]1.